The van der Waals surface area contributed by atoms with Crippen LogP contribution in [0.3, 0.4) is 0 Å². The van der Waals surface area contributed by atoms with Gasteiger partial charge in [-0.2, -0.15) is 0 Å². The molecule has 0 aliphatic rings. The number of carbonyl (C=O) groups is 2. The van der Waals surface area contributed by atoms with Gasteiger partial charge in [0.1, 0.15) is 12.2 Å². The summed E-state index contributed by atoms with van der Waals surface area (Å²) in [5.74, 6) is 0. The van der Waals surface area contributed by atoms with Gasteiger partial charge in [0.05, 0.1) is 6.61 Å². The highest BCUT2D eigenvalue weighted by Crippen LogP contribution is 2.06. The van der Waals surface area contributed by atoms with Crippen molar-refractivity contribution >= 4 is 12.2 Å². The molecule has 18 heavy (non-hydrogen) atoms. The Balaban J connectivity index is 3.45. The largest absolute Gasteiger partial charge is 0.447 e. The number of nitrogens with one attached hydrogen (secondary N) is 2. The molecule has 3 N–H and O–H groups in total. The Hall–Kier alpha value is -1.50. The van der Waals surface area contributed by atoms with Crippen molar-refractivity contribution in [2.45, 2.75) is 32.8 Å². The minimum atomic E-state index is -0.582. The number of hydrogen-bond donors (Lipinski definition) is 3. The van der Waals surface area contributed by atoms with Gasteiger partial charge in [-0.15, -0.1) is 0 Å². The molecule has 2 amide bonds. The molecule has 0 atom stereocenters. The van der Waals surface area contributed by atoms with E-state index in [1.165, 1.54) is 0 Å². The van der Waals surface area contributed by atoms with Gasteiger partial charge >= 0.3 is 12.2 Å². The first-order valence-electron chi connectivity index (χ1n) is 5.83. The summed E-state index contributed by atoms with van der Waals surface area (Å²) in [6, 6.07) is 0. The molecule has 0 aliphatic heterocycles. The highest BCUT2D eigenvalue weighted by molar-refractivity contribution is 5.68. The van der Waals surface area contributed by atoms with E-state index in [2.05, 4.69) is 15.4 Å². The van der Waals surface area contributed by atoms with E-state index in [-0.39, 0.29) is 13.2 Å². The zero-order chi connectivity index (χ0) is 14.0. The molecule has 0 rings (SSSR count). The van der Waals surface area contributed by atoms with Crippen molar-refractivity contribution in [3.8, 4) is 0 Å². The number of rotatable bonds is 6. The maximum Gasteiger partial charge on any atom is 0.407 e. The van der Waals surface area contributed by atoms with Crippen LogP contribution < -0.4 is 10.6 Å². The van der Waals surface area contributed by atoms with Crippen molar-refractivity contribution in [1.29, 1.82) is 0 Å². The van der Waals surface area contributed by atoms with Crippen molar-refractivity contribution in [2.75, 3.05) is 26.3 Å². The third kappa shape index (κ3) is 11.0. The van der Waals surface area contributed by atoms with Crippen LogP contribution in [0.4, 0.5) is 9.59 Å². The third-order valence-corrected chi connectivity index (χ3v) is 1.62. The first kappa shape index (κ1) is 16.5. The Bertz CT molecular complexity index is 263. The molecule has 0 fully saturated rings. The summed E-state index contributed by atoms with van der Waals surface area (Å²) in [6.45, 7) is 5.90. The number of hydrogen-bond acceptors (Lipinski definition) is 5. The van der Waals surface area contributed by atoms with Crippen LogP contribution in [0.15, 0.2) is 0 Å². The van der Waals surface area contributed by atoms with Crippen LogP contribution in [-0.4, -0.2) is 49.2 Å². The second kappa shape index (κ2) is 8.57. The minimum absolute atomic E-state index is 0.0258. The predicted octanol–water partition coefficient (Wildman–Crippen LogP) is 0.620. The van der Waals surface area contributed by atoms with Crippen LogP contribution >= 0.6 is 0 Å². The van der Waals surface area contributed by atoms with Crippen molar-refractivity contribution in [3.05, 3.63) is 0 Å². The molecular weight excluding hydrogens is 240 g/mol. The molecular formula is C11H22N2O5. The number of aliphatic hydroxyl groups excluding tert-OH is 1. The maximum absolute atomic E-state index is 11.2. The summed E-state index contributed by atoms with van der Waals surface area (Å²) in [6.07, 6.45) is -0.500. The number of amides is 2. The highest BCUT2D eigenvalue weighted by atomic mass is 16.6. The van der Waals surface area contributed by atoms with Crippen LogP contribution in [0.1, 0.15) is 27.2 Å². The van der Waals surface area contributed by atoms with Crippen LogP contribution in [0.25, 0.3) is 0 Å². The predicted molar refractivity (Wildman–Crippen MR) is 65.3 cm³/mol. The maximum atomic E-state index is 11.2. The average Bonchev–Trinajstić information content (AvgIpc) is 2.23. The van der Waals surface area contributed by atoms with Gasteiger partial charge in [-0.25, -0.2) is 9.59 Å². The Kier molecular flexibility index (Phi) is 7.86. The molecule has 0 bridgehead atoms. The van der Waals surface area contributed by atoms with Gasteiger partial charge in [-0.3, -0.25) is 0 Å². The Morgan fingerprint density at radius 3 is 2.17 bits per heavy atom. The van der Waals surface area contributed by atoms with Gasteiger partial charge in [0.2, 0.25) is 0 Å². The molecule has 0 radical (unpaired) electrons. The topological polar surface area (TPSA) is 96.9 Å². The Labute approximate surface area is 107 Å². The second-order valence-corrected chi connectivity index (χ2v) is 4.57. The molecule has 7 heteroatoms. The molecule has 0 aromatic heterocycles. The quantitative estimate of drug-likeness (QED) is 0.610. The fraction of sp³-hybridized carbons (Fsp3) is 0.818. The highest BCUT2D eigenvalue weighted by Gasteiger charge is 2.15. The van der Waals surface area contributed by atoms with Crippen LogP contribution in [0.2, 0.25) is 0 Å². The molecule has 0 saturated heterocycles. The van der Waals surface area contributed by atoms with Crippen molar-refractivity contribution in [2.24, 2.45) is 0 Å². The van der Waals surface area contributed by atoms with Gasteiger partial charge in [0, 0.05) is 13.1 Å². The molecule has 0 aromatic carbocycles. The second-order valence-electron chi connectivity index (χ2n) is 4.57. The van der Waals surface area contributed by atoms with Gasteiger partial charge in [0.25, 0.3) is 0 Å². The fourth-order valence-electron chi connectivity index (χ4n) is 0.973. The fourth-order valence-corrected chi connectivity index (χ4v) is 0.973. The van der Waals surface area contributed by atoms with Crippen LogP contribution in [0.5, 0.6) is 0 Å². The number of ether oxygens (including phenoxy) is 2. The molecule has 106 valence electrons. The summed E-state index contributed by atoms with van der Waals surface area (Å²) in [5, 5.41) is 13.5. The van der Waals surface area contributed by atoms with Crippen molar-refractivity contribution in [3.63, 3.8) is 0 Å². The van der Waals surface area contributed by atoms with E-state index >= 15 is 0 Å². The van der Waals surface area contributed by atoms with Gasteiger partial charge in [-0.05, 0) is 27.2 Å². The Morgan fingerprint density at radius 2 is 1.67 bits per heavy atom. The lowest BCUT2D eigenvalue weighted by atomic mass is 10.2. The molecule has 0 unspecified atom stereocenters. The normalized spacial score (nSPS) is 10.7. The van der Waals surface area contributed by atoms with Gasteiger partial charge in [-0.1, -0.05) is 0 Å². The first-order chi connectivity index (χ1) is 8.35. The lowest BCUT2D eigenvalue weighted by molar-refractivity contribution is 0.0527. The molecule has 0 aromatic rings. The summed E-state index contributed by atoms with van der Waals surface area (Å²) in [7, 11) is 0. The summed E-state index contributed by atoms with van der Waals surface area (Å²) < 4.78 is 9.60. The van der Waals surface area contributed by atoms with E-state index < -0.39 is 17.8 Å². The van der Waals surface area contributed by atoms with E-state index in [0.717, 1.165) is 0 Å². The van der Waals surface area contributed by atoms with Crippen LogP contribution in [0, 0.1) is 0 Å². The number of alkyl carbamates (subject to hydrolysis) is 2. The van der Waals surface area contributed by atoms with E-state index in [1.54, 1.807) is 20.8 Å². The van der Waals surface area contributed by atoms with E-state index in [1.807, 2.05) is 0 Å². The average molecular weight is 262 g/mol. The summed E-state index contributed by atoms with van der Waals surface area (Å²) in [4.78, 5) is 22.2. The van der Waals surface area contributed by atoms with Gasteiger partial charge in [0.15, 0.2) is 0 Å². The smallest absolute Gasteiger partial charge is 0.407 e. The Morgan fingerprint density at radius 1 is 1.11 bits per heavy atom. The summed E-state index contributed by atoms with van der Waals surface area (Å²) in [5.41, 5.74) is -0.517. The monoisotopic (exact) mass is 262 g/mol. The molecule has 7 nitrogen and oxygen atoms in total. The molecule has 0 aliphatic carbocycles. The lowest BCUT2D eigenvalue weighted by Crippen LogP contribution is -2.34. The standard InChI is InChI=1S/C11H22N2O5/c1-11(2,3)18-10(16)13-6-4-5-12-9(15)17-8-7-14/h14H,4-8H2,1-3H3,(H,12,15)(H,13,16). The first-order valence-corrected chi connectivity index (χ1v) is 5.83. The van der Waals surface area contributed by atoms with Gasteiger partial charge < -0.3 is 25.2 Å². The minimum Gasteiger partial charge on any atom is -0.447 e. The molecule has 0 heterocycles. The number of carbonyl (C=O) groups excluding carboxylic acids is 2. The van der Waals surface area contributed by atoms with Crippen molar-refractivity contribution in [1.82, 2.24) is 10.6 Å². The zero-order valence-electron chi connectivity index (χ0n) is 11.1. The van der Waals surface area contributed by atoms with E-state index in [4.69, 9.17) is 9.84 Å². The van der Waals surface area contributed by atoms with E-state index in [9.17, 15) is 9.59 Å². The zero-order valence-corrected chi connectivity index (χ0v) is 11.1. The molecule has 0 saturated carbocycles. The lowest BCUT2D eigenvalue weighted by Gasteiger charge is -2.19. The summed E-state index contributed by atoms with van der Waals surface area (Å²) >= 11 is 0. The van der Waals surface area contributed by atoms with E-state index in [0.29, 0.717) is 19.5 Å². The van der Waals surface area contributed by atoms with Crippen molar-refractivity contribution < 1.29 is 24.2 Å². The molecule has 0 spiro atoms. The number of aliphatic hydroxyl groups is 1. The van der Waals surface area contributed by atoms with Crippen LogP contribution in [-0.2, 0) is 9.47 Å². The SMILES string of the molecule is CC(C)(C)OC(=O)NCCCNC(=O)OCCO. The third-order valence-electron chi connectivity index (χ3n) is 1.62.